The van der Waals surface area contributed by atoms with Crippen molar-refractivity contribution in [1.82, 2.24) is 5.32 Å². The van der Waals surface area contributed by atoms with Crippen molar-refractivity contribution in [3.8, 4) is 5.75 Å². The summed E-state index contributed by atoms with van der Waals surface area (Å²) in [4.78, 5) is 11.7. The Morgan fingerprint density at radius 3 is 2.17 bits per heavy atom. The van der Waals surface area contributed by atoms with Crippen molar-refractivity contribution in [3.05, 3.63) is 28.3 Å². The molecule has 0 saturated heterocycles. The molecule has 1 N–H and O–H groups in total. The van der Waals surface area contributed by atoms with E-state index in [9.17, 15) is 4.79 Å². The van der Waals surface area contributed by atoms with Gasteiger partial charge in [0.15, 0.2) is 6.10 Å². The number of hydrogen-bond acceptors (Lipinski definition) is 2. The summed E-state index contributed by atoms with van der Waals surface area (Å²) < 4.78 is 5.62. The number of nitrogens with one attached hydrogen (secondary N) is 1. The number of aryl methyl sites for hydroxylation is 2. The van der Waals surface area contributed by atoms with Crippen LogP contribution in [0.2, 0.25) is 5.02 Å². The fourth-order valence-corrected chi connectivity index (χ4v) is 1.74. The summed E-state index contributed by atoms with van der Waals surface area (Å²) in [6.07, 6.45) is -0.521. The molecule has 0 unspecified atom stereocenters. The molecule has 0 saturated carbocycles. The highest BCUT2D eigenvalue weighted by atomic mass is 35.5. The number of ether oxygens (including phenoxy) is 1. The summed E-state index contributed by atoms with van der Waals surface area (Å²) in [5.74, 6) is 0.552. The lowest BCUT2D eigenvalue weighted by atomic mass is 10.1. The molecule has 0 aliphatic carbocycles. The molecule has 1 rings (SSSR count). The maximum atomic E-state index is 11.7. The maximum absolute atomic E-state index is 11.7. The second-order valence-electron chi connectivity index (χ2n) is 4.79. The highest BCUT2D eigenvalue weighted by molar-refractivity contribution is 6.32. The quantitative estimate of drug-likeness (QED) is 0.911. The predicted octanol–water partition coefficient (Wildman–Crippen LogP) is 3.25. The van der Waals surface area contributed by atoms with Crippen LogP contribution in [0.1, 0.15) is 31.9 Å². The lowest BCUT2D eigenvalue weighted by Crippen LogP contribution is -2.40. The monoisotopic (exact) mass is 269 g/mol. The Labute approximate surface area is 113 Å². The van der Waals surface area contributed by atoms with Gasteiger partial charge in [-0.05, 0) is 57.9 Å². The van der Waals surface area contributed by atoms with Crippen molar-refractivity contribution in [3.63, 3.8) is 0 Å². The lowest BCUT2D eigenvalue weighted by Gasteiger charge is -2.17. The molecule has 18 heavy (non-hydrogen) atoms. The number of halogens is 1. The molecule has 0 aliphatic rings. The van der Waals surface area contributed by atoms with E-state index in [4.69, 9.17) is 16.3 Å². The predicted molar refractivity (Wildman–Crippen MR) is 74.3 cm³/mol. The number of amides is 1. The van der Waals surface area contributed by atoms with Crippen LogP contribution in [-0.2, 0) is 4.79 Å². The first kappa shape index (κ1) is 14.8. The van der Waals surface area contributed by atoms with Crippen LogP contribution in [0.4, 0.5) is 0 Å². The number of rotatable bonds is 4. The smallest absolute Gasteiger partial charge is 0.260 e. The standard InChI is InChI=1S/C14H20ClNO2/c1-8(2)16-14(17)11(5)18-12-6-9(3)13(15)10(4)7-12/h6-8,11H,1-5H3,(H,16,17)/t11-/m0/s1. The van der Waals surface area contributed by atoms with Gasteiger partial charge in [0.2, 0.25) is 0 Å². The maximum Gasteiger partial charge on any atom is 0.260 e. The summed E-state index contributed by atoms with van der Waals surface area (Å²) in [6, 6.07) is 3.79. The Bertz CT molecular complexity index is 420. The summed E-state index contributed by atoms with van der Waals surface area (Å²) in [5, 5.41) is 3.55. The Balaban J connectivity index is 2.76. The molecular weight excluding hydrogens is 250 g/mol. The minimum atomic E-state index is -0.521. The number of benzene rings is 1. The average Bonchev–Trinajstić information content (AvgIpc) is 2.24. The molecule has 0 aliphatic heterocycles. The van der Waals surface area contributed by atoms with Crippen molar-refractivity contribution in [2.75, 3.05) is 0 Å². The first-order valence-electron chi connectivity index (χ1n) is 6.05. The molecule has 0 bridgehead atoms. The molecule has 0 fully saturated rings. The fraction of sp³-hybridized carbons (Fsp3) is 0.500. The second kappa shape index (κ2) is 6.10. The zero-order chi connectivity index (χ0) is 13.9. The van der Waals surface area contributed by atoms with Gasteiger partial charge >= 0.3 is 0 Å². The van der Waals surface area contributed by atoms with Gasteiger partial charge in [-0.2, -0.15) is 0 Å². The minimum Gasteiger partial charge on any atom is -0.481 e. The van der Waals surface area contributed by atoms with Gasteiger partial charge in [0.1, 0.15) is 5.75 Å². The summed E-state index contributed by atoms with van der Waals surface area (Å²) in [5.41, 5.74) is 1.89. The Morgan fingerprint density at radius 1 is 1.22 bits per heavy atom. The van der Waals surface area contributed by atoms with Crippen LogP contribution in [0, 0.1) is 13.8 Å². The van der Waals surface area contributed by atoms with Crippen molar-refractivity contribution in [2.24, 2.45) is 0 Å². The molecule has 4 heteroatoms. The van der Waals surface area contributed by atoms with Gasteiger partial charge < -0.3 is 10.1 Å². The average molecular weight is 270 g/mol. The van der Waals surface area contributed by atoms with Gasteiger partial charge in [-0.25, -0.2) is 0 Å². The lowest BCUT2D eigenvalue weighted by molar-refractivity contribution is -0.127. The Morgan fingerprint density at radius 2 is 1.72 bits per heavy atom. The van der Waals surface area contributed by atoms with Crippen LogP contribution < -0.4 is 10.1 Å². The highest BCUT2D eigenvalue weighted by Crippen LogP contribution is 2.26. The summed E-state index contributed by atoms with van der Waals surface area (Å²) in [7, 11) is 0. The van der Waals surface area contributed by atoms with Crippen LogP contribution in [0.25, 0.3) is 0 Å². The molecule has 1 aromatic rings. The molecule has 0 spiro atoms. The Hall–Kier alpha value is -1.22. The van der Waals surface area contributed by atoms with E-state index in [0.717, 1.165) is 16.1 Å². The highest BCUT2D eigenvalue weighted by Gasteiger charge is 2.16. The van der Waals surface area contributed by atoms with Crippen LogP contribution in [0.5, 0.6) is 5.75 Å². The third-order valence-electron chi connectivity index (χ3n) is 2.52. The van der Waals surface area contributed by atoms with Crippen LogP contribution in [0.3, 0.4) is 0 Å². The Kier molecular flexibility index (Phi) is 5.03. The van der Waals surface area contributed by atoms with E-state index in [1.54, 1.807) is 6.92 Å². The van der Waals surface area contributed by atoms with Crippen molar-refractivity contribution in [2.45, 2.75) is 46.8 Å². The number of carbonyl (C=O) groups is 1. The van der Waals surface area contributed by atoms with Crippen molar-refractivity contribution >= 4 is 17.5 Å². The first-order valence-corrected chi connectivity index (χ1v) is 6.42. The van der Waals surface area contributed by atoms with E-state index in [1.165, 1.54) is 0 Å². The first-order chi connectivity index (χ1) is 8.31. The SMILES string of the molecule is Cc1cc(O[C@@H](C)C(=O)NC(C)C)cc(C)c1Cl. The van der Waals surface area contributed by atoms with E-state index < -0.39 is 6.10 Å². The van der Waals surface area contributed by atoms with Crippen molar-refractivity contribution in [1.29, 1.82) is 0 Å². The van der Waals surface area contributed by atoms with Crippen LogP contribution in [0.15, 0.2) is 12.1 Å². The molecule has 0 radical (unpaired) electrons. The van der Waals surface area contributed by atoms with E-state index in [-0.39, 0.29) is 11.9 Å². The zero-order valence-corrected chi connectivity index (χ0v) is 12.3. The summed E-state index contributed by atoms with van der Waals surface area (Å²) in [6.45, 7) is 9.40. The van der Waals surface area contributed by atoms with E-state index in [1.807, 2.05) is 39.8 Å². The fourth-order valence-electron chi connectivity index (χ4n) is 1.63. The van der Waals surface area contributed by atoms with E-state index >= 15 is 0 Å². The molecule has 100 valence electrons. The third-order valence-corrected chi connectivity index (χ3v) is 3.12. The van der Waals surface area contributed by atoms with E-state index in [0.29, 0.717) is 5.75 Å². The van der Waals surface area contributed by atoms with Gasteiger partial charge in [0.25, 0.3) is 5.91 Å². The molecule has 3 nitrogen and oxygen atoms in total. The normalized spacial score (nSPS) is 12.4. The van der Waals surface area contributed by atoms with Gasteiger partial charge in [0, 0.05) is 11.1 Å². The van der Waals surface area contributed by atoms with Crippen molar-refractivity contribution < 1.29 is 9.53 Å². The minimum absolute atomic E-state index is 0.109. The number of carbonyl (C=O) groups excluding carboxylic acids is 1. The topological polar surface area (TPSA) is 38.3 Å². The molecule has 1 amide bonds. The van der Waals surface area contributed by atoms with Gasteiger partial charge in [-0.1, -0.05) is 11.6 Å². The largest absolute Gasteiger partial charge is 0.481 e. The molecule has 1 aromatic carbocycles. The van der Waals surface area contributed by atoms with Gasteiger partial charge in [-0.15, -0.1) is 0 Å². The van der Waals surface area contributed by atoms with Crippen LogP contribution >= 0.6 is 11.6 Å². The summed E-state index contributed by atoms with van der Waals surface area (Å²) >= 11 is 6.08. The molecule has 0 aromatic heterocycles. The molecule has 0 heterocycles. The zero-order valence-electron chi connectivity index (χ0n) is 11.5. The van der Waals surface area contributed by atoms with Gasteiger partial charge in [-0.3, -0.25) is 4.79 Å². The van der Waals surface area contributed by atoms with Gasteiger partial charge in [0.05, 0.1) is 0 Å². The molecule has 1 atom stereocenters. The van der Waals surface area contributed by atoms with E-state index in [2.05, 4.69) is 5.32 Å². The second-order valence-corrected chi connectivity index (χ2v) is 5.17. The third kappa shape index (κ3) is 3.91. The molecular formula is C14H20ClNO2. The van der Waals surface area contributed by atoms with Crippen LogP contribution in [-0.4, -0.2) is 18.1 Å². The number of hydrogen-bond donors (Lipinski definition) is 1.